The van der Waals surface area contributed by atoms with Gasteiger partial charge in [0.1, 0.15) is 6.33 Å². The first-order valence-corrected chi connectivity index (χ1v) is 5.29. The fourth-order valence-corrected chi connectivity index (χ4v) is 1.18. The summed E-state index contributed by atoms with van der Waals surface area (Å²) in [6.07, 6.45) is 1.18. The molecule has 1 rings (SSSR count). The van der Waals surface area contributed by atoms with Crippen molar-refractivity contribution in [3.8, 4) is 5.88 Å². The number of anilines is 1. The van der Waals surface area contributed by atoms with Crippen LogP contribution in [0.5, 0.6) is 5.88 Å². The molecule has 0 spiro atoms. The van der Waals surface area contributed by atoms with E-state index in [0.717, 1.165) is 0 Å². The zero-order valence-corrected chi connectivity index (χ0v) is 10.5. The highest BCUT2D eigenvalue weighted by atomic mass is 16.6. The zero-order valence-electron chi connectivity index (χ0n) is 10.5. The van der Waals surface area contributed by atoms with E-state index >= 15 is 0 Å². The van der Waals surface area contributed by atoms with Gasteiger partial charge in [-0.3, -0.25) is 10.1 Å². The number of methoxy groups -OCH3 is 1. The van der Waals surface area contributed by atoms with Gasteiger partial charge in [-0.1, -0.05) is 13.8 Å². The number of nitrogens with one attached hydrogen (secondary N) is 1. The molecule has 8 nitrogen and oxygen atoms in total. The van der Waals surface area contributed by atoms with Gasteiger partial charge in [0, 0.05) is 18.6 Å². The van der Waals surface area contributed by atoms with Gasteiger partial charge < -0.3 is 15.2 Å². The summed E-state index contributed by atoms with van der Waals surface area (Å²) in [6, 6.07) is 0. The molecule has 1 aromatic rings. The average Bonchev–Trinajstić information content (AvgIpc) is 2.35. The Balaban J connectivity index is 2.99. The summed E-state index contributed by atoms with van der Waals surface area (Å²) < 4.78 is 4.82. The molecule has 0 atom stereocenters. The van der Waals surface area contributed by atoms with Crippen LogP contribution in [0.25, 0.3) is 0 Å². The summed E-state index contributed by atoms with van der Waals surface area (Å²) >= 11 is 0. The number of nitro groups is 1. The second kappa shape index (κ2) is 5.58. The van der Waals surface area contributed by atoms with Crippen LogP contribution in [0, 0.1) is 15.5 Å². The number of aliphatic hydroxyl groups is 1. The number of rotatable bonds is 6. The van der Waals surface area contributed by atoms with Gasteiger partial charge in [0.25, 0.3) is 5.88 Å². The van der Waals surface area contributed by atoms with Gasteiger partial charge in [-0.25, -0.2) is 4.98 Å². The van der Waals surface area contributed by atoms with E-state index in [-0.39, 0.29) is 24.0 Å². The normalized spacial score (nSPS) is 11.1. The van der Waals surface area contributed by atoms with Crippen LogP contribution in [0.15, 0.2) is 6.33 Å². The van der Waals surface area contributed by atoms with Crippen molar-refractivity contribution in [1.82, 2.24) is 9.97 Å². The van der Waals surface area contributed by atoms with E-state index in [1.807, 2.05) is 13.8 Å². The summed E-state index contributed by atoms with van der Waals surface area (Å²) in [5, 5.41) is 22.9. The largest absolute Gasteiger partial charge is 0.476 e. The highest BCUT2D eigenvalue weighted by Crippen LogP contribution is 2.30. The lowest BCUT2D eigenvalue weighted by molar-refractivity contribution is -0.385. The smallest absolute Gasteiger partial charge is 0.372 e. The predicted octanol–water partition coefficient (Wildman–Crippen LogP) is 0.824. The quantitative estimate of drug-likeness (QED) is 0.572. The van der Waals surface area contributed by atoms with Crippen LogP contribution in [0.1, 0.15) is 13.8 Å². The van der Waals surface area contributed by atoms with E-state index in [1.54, 1.807) is 0 Å². The third kappa shape index (κ3) is 3.27. The van der Waals surface area contributed by atoms with Gasteiger partial charge in [0.2, 0.25) is 5.82 Å². The fourth-order valence-electron chi connectivity index (χ4n) is 1.18. The van der Waals surface area contributed by atoms with E-state index in [1.165, 1.54) is 13.4 Å². The molecule has 2 N–H and O–H groups in total. The van der Waals surface area contributed by atoms with Crippen LogP contribution >= 0.6 is 0 Å². The van der Waals surface area contributed by atoms with Gasteiger partial charge in [-0.15, -0.1) is 0 Å². The first-order valence-electron chi connectivity index (χ1n) is 5.29. The Morgan fingerprint density at radius 2 is 2.22 bits per heavy atom. The summed E-state index contributed by atoms with van der Waals surface area (Å²) in [7, 11) is 1.30. The van der Waals surface area contributed by atoms with Crippen LogP contribution in [-0.4, -0.2) is 40.3 Å². The van der Waals surface area contributed by atoms with E-state index in [4.69, 9.17) is 9.84 Å². The molecule has 0 aliphatic rings. The summed E-state index contributed by atoms with van der Waals surface area (Å²) in [4.78, 5) is 17.8. The van der Waals surface area contributed by atoms with Crippen LogP contribution in [0.3, 0.4) is 0 Å². The third-order valence-electron chi connectivity index (χ3n) is 2.33. The first-order chi connectivity index (χ1) is 8.41. The van der Waals surface area contributed by atoms with Crippen molar-refractivity contribution in [2.24, 2.45) is 5.41 Å². The van der Waals surface area contributed by atoms with Gasteiger partial charge in [0.05, 0.1) is 12.0 Å². The molecule has 100 valence electrons. The minimum Gasteiger partial charge on any atom is -0.476 e. The maximum atomic E-state index is 11.0. The van der Waals surface area contributed by atoms with Gasteiger partial charge >= 0.3 is 5.69 Å². The third-order valence-corrected chi connectivity index (χ3v) is 2.33. The van der Waals surface area contributed by atoms with Crippen molar-refractivity contribution in [3.63, 3.8) is 0 Å². The van der Waals surface area contributed by atoms with Crippen molar-refractivity contribution in [1.29, 1.82) is 0 Å². The number of nitrogens with zero attached hydrogens (tertiary/aromatic N) is 3. The van der Waals surface area contributed by atoms with Crippen LogP contribution < -0.4 is 10.1 Å². The highest BCUT2D eigenvalue weighted by Gasteiger charge is 2.25. The highest BCUT2D eigenvalue weighted by molar-refractivity contribution is 5.61. The molecule has 18 heavy (non-hydrogen) atoms. The predicted molar refractivity (Wildman–Crippen MR) is 64.6 cm³/mol. The Labute approximate surface area is 104 Å². The molecular weight excluding hydrogens is 240 g/mol. The molecule has 0 aromatic carbocycles. The molecule has 0 saturated heterocycles. The lowest BCUT2D eigenvalue weighted by atomic mass is 9.95. The lowest BCUT2D eigenvalue weighted by Crippen LogP contribution is -2.27. The van der Waals surface area contributed by atoms with Crippen LogP contribution in [-0.2, 0) is 0 Å². The topological polar surface area (TPSA) is 110 Å². The van der Waals surface area contributed by atoms with Crippen LogP contribution in [0.2, 0.25) is 0 Å². The van der Waals surface area contributed by atoms with E-state index in [2.05, 4.69) is 15.3 Å². The van der Waals surface area contributed by atoms with Gasteiger partial charge in [0.15, 0.2) is 0 Å². The van der Waals surface area contributed by atoms with Crippen molar-refractivity contribution < 1.29 is 14.8 Å². The molecule has 0 fully saturated rings. The van der Waals surface area contributed by atoms with Gasteiger partial charge in [-0.05, 0) is 0 Å². The SMILES string of the molecule is COc1ncnc(NCC(C)(C)CO)c1[N+](=O)[O-]. The molecule has 1 heterocycles. The molecule has 0 saturated carbocycles. The number of aliphatic hydroxyl groups excluding tert-OH is 1. The monoisotopic (exact) mass is 256 g/mol. The first kappa shape index (κ1) is 14.1. The number of hydrogen-bond acceptors (Lipinski definition) is 7. The second-order valence-electron chi connectivity index (χ2n) is 4.51. The molecule has 1 aromatic heterocycles. The standard InChI is InChI=1S/C10H16N4O4/c1-10(2,5-15)4-11-8-7(14(16)17)9(18-3)13-6-12-8/h6,15H,4-5H2,1-3H3,(H,11,12,13). The minimum atomic E-state index is -0.604. The van der Waals surface area contributed by atoms with E-state index in [9.17, 15) is 10.1 Å². The average molecular weight is 256 g/mol. The molecule has 0 bridgehead atoms. The molecule has 0 amide bonds. The Bertz CT molecular complexity index is 436. The Kier molecular flexibility index (Phi) is 4.38. The molecule has 0 aliphatic carbocycles. The summed E-state index contributed by atoms with van der Waals surface area (Å²) in [5.74, 6) is -0.0207. The van der Waals surface area contributed by atoms with Crippen molar-refractivity contribution in [3.05, 3.63) is 16.4 Å². The molecule has 0 unspecified atom stereocenters. The minimum absolute atomic E-state index is 0.0456. The van der Waals surface area contributed by atoms with Crippen molar-refractivity contribution >= 4 is 11.5 Å². The maximum absolute atomic E-state index is 11.0. The lowest BCUT2D eigenvalue weighted by Gasteiger charge is -2.22. The molecule has 0 aliphatic heterocycles. The summed E-state index contributed by atoms with van der Waals surface area (Å²) in [6.45, 7) is 3.94. The van der Waals surface area contributed by atoms with Crippen molar-refractivity contribution in [2.75, 3.05) is 25.6 Å². The molecular formula is C10H16N4O4. The Hall–Kier alpha value is -1.96. The zero-order chi connectivity index (χ0) is 13.8. The van der Waals surface area contributed by atoms with Crippen LogP contribution in [0.4, 0.5) is 11.5 Å². The molecule has 0 radical (unpaired) electrons. The van der Waals surface area contributed by atoms with Gasteiger partial charge in [-0.2, -0.15) is 4.98 Å². The second-order valence-corrected chi connectivity index (χ2v) is 4.51. The Morgan fingerprint density at radius 3 is 2.72 bits per heavy atom. The Morgan fingerprint density at radius 1 is 1.56 bits per heavy atom. The molecule has 8 heteroatoms. The van der Waals surface area contributed by atoms with E-state index in [0.29, 0.717) is 6.54 Å². The number of hydrogen-bond donors (Lipinski definition) is 2. The fraction of sp³-hybridized carbons (Fsp3) is 0.600. The number of ether oxygens (including phenoxy) is 1. The maximum Gasteiger partial charge on any atom is 0.372 e. The van der Waals surface area contributed by atoms with E-state index < -0.39 is 10.3 Å². The summed E-state index contributed by atoms with van der Waals surface area (Å²) in [5.41, 5.74) is -0.722. The number of aromatic nitrogens is 2. The van der Waals surface area contributed by atoms with Crippen molar-refractivity contribution in [2.45, 2.75) is 13.8 Å².